The Labute approximate surface area is 130 Å². The third-order valence-corrected chi connectivity index (χ3v) is 4.32. The molecule has 114 valence electrons. The van der Waals surface area contributed by atoms with Gasteiger partial charge < -0.3 is 14.5 Å². The number of furan rings is 1. The molecule has 0 spiro atoms. The van der Waals surface area contributed by atoms with Gasteiger partial charge in [0.05, 0.1) is 17.2 Å². The fourth-order valence-electron chi connectivity index (χ4n) is 2.93. The Kier molecular flexibility index (Phi) is 4.84. The normalized spacial score (nSPS) is 20.2. The highest BCUT2D eigenvalue weighted by Gasteiger charge is 2.24. The molecule has 2 aromatic rings. The molecule has 0 radical (unpaired) electrons. The van der Waals surface area contributed by atoms with Gasteiger partial charge in [0.25, 0.3) is 0 Å². The van der Waals surface area contributed by atoms with Gasteiger partial charge in [-0.25, -0.2) is 0 Å². The summed E-state index contributed by atoms with van der Waals surface area (Å²) in [6, 6.07) is 8.15. The lowest BCUT2D eigenvalue weighted by atomic mass is 10.0. The molecular weight excluding hydrogens is 286 g/mol. The van der Waals surface area contributed by atoms with Gasteiger partial charge in [-0.3, -0.25) is 0 Å². The van der Waals surface area contributed by atoms with Crippen LogP contribution in [0.2, 0.25) is 5.02 Å². The molecule has 1 saturated heterocycles. The molecule has 1 aliphatic rings. The van der Waals surface area contributed by atoms with Crippen molar-refractivity contribution < 1.29 is 9.15 Å². The van der Waals surface area contributed by atoms with Gasteiger partial charge in [0.2, 0.25) is 0 Å². The van der Waals surface area contributed by atoms with Crippen molar-refractivity contribution in [2.45, 2.75) is 44.8 Å². The number of halogens is 1. The predicted octanol–water partition coefficient (Wildman–Crippen LogP) is 4.70. The van der Waals surface area contributed by atoms with E-state index in [1.165, 1.54) is 0 Å². The standard InChI is InChI=1S/C17H22ClNO2/c1-2-8-19-15(11-13-6-4-9-20-13)16-10-12-5-3-7-14(18)17(12)21-16/h3,5,7,10,13,15,19H,2,4,6,8-9,11H2,1H3. The van der Waals surface area contributed by atoms with Crippen LogP contribution >= 0.6 is 11.6 Å². The summed E-state index contributed by atoms with van der Waals surface area (Å²) in [4.78, 5) is 0. The highest BCUT2D eigenvalue weighted by atomic mass is 35.5. The summed E-state index contributed by atoms with van der Waals surface area (Å²) in [5.41, 5.74) is 0.782. The van der Waals surface area contributed by atoms with Crippen molar-refractivity contribution in [3.05, 3.63) is 35.0 Å². The minimum absolute atomic E-state index is 0.191. The first-order valence-electron chi connectivity index (χ1n) is 7.81. The summed E-state index contributed by atoms with van der Waals surface area (Å²) < 4.78 is 11.8. The van der Waals surface area contributed by atoms with E-state index in [0.29, 0.717) is 11.1 Å². The smallest absolute Gasteiger partial charge is 0.152 e. The zero-order chi connectivity index (χ0) is 14.7. The molecule has 1 N–H and O–H groups in total. The van der Waals surface area contributed by atoms with E-state index in [2.05, 4.69) is 18.3 Å². The van der Waals surface area contributed by atoms with Gasteiger partial charge in [-0.05, 0) is 44.4 Å². The van der Waals surface area contributed by atoms with Crippen LogP contribution in [0.3, 0.4) is 0 Å². The number of benzene rings is 1. The average molecular weight is 308 g/mol. The summed E-state index contributed by atoms with van der Waals surface area (Å²) in [5, 5.41) is 5.31. The van der Waals surface area contributed by atoms with Gasteiger partial charge in [0.15, 0.2) is 5.58 Å². The Morgan fingerprint density at radius 1 is 1.43 bits per heavy atom. The topological polar surface area (TPSA) is 34.4 Å². The van der Waals surface area contributed by atoms with Gasteiger partial charge >= 0.3 is 0 Å². The van der Waals surface area contributed by atoms with Crippen LogP contribution in [0.15, 0.2) is 28.7 Å². The van der Waals surface area contributed by atoms with Crippen molar-refractivity contribution >= 4 is 22.6 Å². The first kappa shape index (κ1) is 14.9. The van der Waals surface area contributed by atoms with E-state index in [4.69, 9.17) is 20.8 Å². The summed E-state index contributed by atoms with van der Waals surface area (Å²) in [6.07, 6.45) is 4.70. The zero-order valence-corrected chi connectivity index (χ0v) is 13.2. The maximum Gasteiger partial charge on any atom is 0.152 e. The van der Waals surface area contributed by atoms with Crippen LogP contribution in [0.4, 0.5) is 0 Å². The molecule has 2 unspecified atom stereocenters. The monoisotopic (exact) mass is 307 g/mol. The number of hydrogen-bond acceptors (Lipinski definition) is 3. The second kappa shape index (κ2) is 6.82. The number of ether oxygens (including phenoxy) is 1. The van der Waals surface area contributed by atoms with Crippen LogP contribution in [0.25, 0.3) is 11.0 Å². The highest BCUT2D eigenvalue weighted by molar-refractivity contribution is 6.34. The Morgan fingerprint density at radius 2 is 2.33 bits per heavy atom. The van der Waals surface area contributed by atoms with Crippen LogP contribution in [0.1, 0.15) is 44.4 Å². The third-order valence-electron chi connectivity index (χ3n) is 4.02. The molecule has 1 aromatic carbocycles. The summed E-state index contributed by atoms with van der Waals surface area (Å²) in [7, 11) is 0. The molecule has 2 heterocycles. The summed E-state index contributed by atoms with van der Waals surface area (Å²) >= 11 is 6.21. The van der Waals surface area contributed by atoms with Crippen LogP contribution in [-0.2, 0) is 4.74 Å². The maximum atomic E-state index is 6.21. The number of rotatable bonds is 6. The Bertz CT molecular complexity index is 589. The number of fused-ring (bicyclic) bond motifs is 1. The number of hydrogen-bond donors (Lipinski definition) is 1. The first-order valence-corrected chi connectivity index (χ1v) is 8.18. The van der Waals surface area contributed by atoms with Crippen molar-refractivity contribution in [3.63, 3.8) is 0 Å². The fraction of sp³-hybridized carbons (Fsp3) is 0.529. The molecule has 1 fully saturated rings. The van der Waals surface area contributed by atoms with Gasteiger partial charge in [-0.1, -0.05) is 30.7 Å². The molecule has 21 heavy (non-hydrogen) atoms. The molecule has 1 aliphatic heterocycles. The van der Waals surface area contributed by atoms with E-state index in [9.17, 15) is 0 Å². The molecule has 3 rings (SSSR count). The lowest BCUT2D eigenvalue weighted by molar-refractivity contribution is 0.0922. The number of para-hydroxylation sites is 1. The highest BCUT2D eigenvalue weighted by Crippen LogP contribution is 2.32. The zero-order valence-electron chi connectivity index (χ0n) is 12.4. The minimum Gasteiger partial charge on any atom is -0.458 e. The van der Waals surface area contributed by atoms with E-state index in [0.717, 1.165) is 55.6 Å². The van der Waals surface area contributed by atoms with Gasteiger partial charge in [0, 0.05) is 12.0 Å². The average Bonchev–Trinajstić information content (AvgIpc) is 3.13. The van der Waals surface area contributed by atoms with E-state index >= 15 is 0 Å². The molecule has 3 nitrogen and oxygen atoms in total. The molecule has 0 bridgehead atoms. The Balaban J connectivity index is 1.83. The van der Waals surface area contributed by atoms with Crippen LogP contribution in [0.5, 0.6) is 0 Å². The molecule has 4 heteroatoms. The van der Waals surface area contributed by atoms with Gasteiger partial charge in [-0.15, -0.1) is 0 Å². The van der Waals surface area contributed by atoms with Crippen molar-refractivity contribution in [2.24, 2.45) is 0 Å². The predicted molar refractivity (Wildman–Crippen MR) is 85.8 cm³/mol. The fourth-order valence-corrected chi connectivity index (χ4v) is 3.15. The van der Waals surface area contributed by atoms with Crippen LogP contribution in [-0.4, -0.2) is 19.3 Å². The van der Waals surface area contributed by atoms with E-state index in [1.807, 2.05) is 18.2 Å². The largest absolute Gasteiger partial charge is 0.458 e. The van der Waals surface area contributed by atoms with E-state index < -0.39 is 0 Å². The number of nitrogens with one attached hydrogen (secondary N) is 1. The quantitative estimate of drug-likeness (QED) is 0.840. The lowest BCUT2D eigenvalue weighted by Crippen LogP contribution is -2.25. The summed E-state index contributed by atoms with van der Waals surface area (Å²) in [5.74, 6) is 0.960. The van der Waals surface area contributed by atoms with E-state index in [1.54, 1.807) is 0 Å². The molecule has 1 aromatic heterocycles. The maximum absolute atomic E-state index is 6.21. The van der Waals surface area contributed by atoms with Gasteiger partial charge in [0.1, 0.15) is 5.76 Å². The van der Waals surface area contributed by atoms with Crippen molar-refractivity contribution in [2.75, 3.05) is 13.2 Å². The van der Waals surface area contributed by atoms with E-state index in [-0.39, 0.29) is 6.04 Å². The first-order chi connectivity index (χ1) is 10.3. The SMILES string of the molecule is CCCNC(CC1CCCO1)c1cc2cccc(Cl)c2o1. The summed E-state index contributed by atoms with van der Waals surface area (Å²) in [6.45, 7) is 4.03. The molecule has 0 aliphatic carbocycles. The molecule has 0 saturated carbocycles. The van der Waals surface area contributed by atoms with Crippen molar-refractivity contribution in [3.8, 4) is 0 Å². The molecular formula is C17H22ClNO2. The molecule has 2 atom stereocenters. The Morgan fingerprint density at radius 3 is 3.05 bits per heavy atom. The second-order valence-electron chi connectivity index (χ2n) is 5.68. The molecule has 0 amide bonds. The van der Waals surface area contributed by atoms with Crippen molar-refractivity contribution in [1.82, 2.24) is 5.32 Å². The van der Waals surface area contributed by atoms with Gasteiger partial charge in [-0.2, -0.15) is 0 Å². The minimum atomic E-state index is 0.191. The third kappa shape index (κ3) is 3.42. The van der Waals surface area contributed by atoms with Crippen molar-refractivity contribution in [1.29, 1.82) is 0 Å². The van der Waals surface area contributed by atoms with Crippen LogP contribution < -0.4 is 5.32 Å². The lowest BCUT2D eigenvalue weighted by Gasteiger charge is -2.19. The van der Waals surface area contributed by atoms with Crippen LogP contribution in [0, 0.1) is 0 Å². The Hall–Kier alpha value is -1.03. The second-order valence-corrected chi connectivity index (χ2v) is 6.09.